The molecule has 17 heavy (non-hydrogen) atoms. The van der Waals surface area contributed by atoms with E-state index in [1.54, 1.807) is 6.92 Å². The molecule has 1 unspecified atom stereocenters. The third-order valence-electron chi connectivity index (χ3n) is 2.97. The van der Waals surface area contributed by atoms with Gasteiger partial charge in [-0.2, -0.15) is 0 Å². The minimum Gasteiger partial charge on any atom is -0.299 e. The summed E-state index contributed by atoms with van der Waals surface area (Å²) in [6, 6.07) is 7.60. The smallest absolute Gasteiger partial charge is 0.165 e. The van der Waals surface area contributed by atoms with Crippen molar-refractivity contribution in [1.29, 1.82) is 0 Å². The van der Waals surface area contributed by atoms with Gasteiger partial charge in [0, 0.05) is 16.4 Å². The molecule has 0 aliphatic heterocycles. The molecule has 0 amide bonds. The zero-order chi connectivity index (χ0) is 12.4. The normalized spacial score (nSPS) is 16.6. The van der Waals surface area contributed by atoms with Crippen molar-refractivity contribution in [1.82, 2.24) is 0 Å². The van der Waals surface area contributed by atoms with Crippen molar-refractivity contribution in [2.45, 2.75) is 36.8 Å². The van der Waals surface area contributed by atoms with Gasteiger partial charge < -0.3 is 0 Å². The molecule has 2 rings (SSSR count). The molecule has 1 atom stereocenters. The topological polar surface area (TPSA) is 34.1 Å². The van der Waals surface area contributed by atoms with E-state index < -0.39 is 0 Å². The zero-order valence-electron chi connectivity index (χ0n) is 10.1. The van der Waals surface area contributed by atoms with Gasteiger partial charge in [0.15, 0.2) is 5.78 Å². The Morgan fingerprint density at radius 1 is 1.24 bits per heavy atom. The molecule has 1 aliphatic rings. The van der Waals surface area contributed by atoms with Gasteiger partial charge in [-0.15, -0.1) is 11.8 Å². The molecule has 0 spiro atoms. The van der Waals surface area contributed by atoms with E-state index in [4.69, 9.17) is 0 Å². The predicted octanol–water partition coefficient (Wildman–Crippen LogP) is 3.35. The first-order valence-electron chi connectivity index (χ1n) is 5.89. The summed E-state index contributed by atoms with van der Waals surface area (Å²) in [5.74, 6) is 0.707. The van der Waals surface area contributed by atoms with Crippen LogP contribution in [0.2, 0.25) is 0 Å². The lowest BCUT2D eigenvalue weighted by Gasteiger charge is -2.07. The molecule has 0 aromatic heterocycles. The molecular weight excluding hydrogens is 232 g/mol. The van der Waals surface area contributed by atoms with Crippen LogP contribution in [0.4, 0.5) is 0 Å². The fraction of sp³-hybridized carbons (Fsp3) is 0.429. The summed E-state index contributed by atoms with van der Waals surface area (Å²) in [6.45, 7) is 3.50. The largest absolute Gasteiger partial charge is 0.299 e. The predicted molar refractivity (Wildman–Crippen MR) is 69.5 cm³/mol. The maximum atomic E-state index is 11.8. The van der Waals surface area contributed by atoms with Crippen LogP contribution in [0, 0.1) is 5.92 Å². The Morgan fingerprint density at radius 2 is 1.82 bits per heavy atom. The average molecular weight is 248 g/mol. The summed E-state index contributed by atoms with van der Waals surface area (Å²) in [5.41, 5.74) is 0.798. The third kappa shape index (κ3) is 3.19. The second-order valence-corrected chi connectivity index (χ2v) is 5.95. The van der Waals surface area contributed by atoms with Gasteiger partial charge in [-0.05, 0) is 38.8 Å². The van der Waals surface area contributed by atoms with Crippen molar-refractivity contribution in [3.63, 3.8) is 0 Å². The number of thioether (sulfide) groups is 1. The summed E-state index contributed by atoms with van der Waals surface area (Å²) in [6.07, 6.45) is 2.08. The Balaban J connectivity index is 2.02. The Hall–Kier alpha value is -1.09. The van der Waals surface area contributed by atoms with E-state index in [0.29, 0.717) is 0 Å². The average Bonchev–Trinajstić information content (AvgIpc) is 3.13. The number of hydrogen-bond donors (Lipinski definition) is 0. The van der Waals surface area contributed by atoms with E-state index in [-0.39, 0.29) is 22.7 Å². The number of Topliss-reactive ketones (excluding diaryl/α,β-unsaturated/α-hetero) is 2. The van der Waals surface area contributed by atoms with Crippen molar-refractivity contribution in [2.75, 3.05) is 0 Å². The van der Waals surface area contributed by atoms with Crippen LogP contribution in [0.25, 0.3) is 0 Å². The number of ketones is 2. The highest BCUT2D eigenvalue weighted by atomic mass is 32.2. The Morgan fingerprint density at radius 3 is 2.29 bits per heavy atom. The van der Waals surface area contributed by atoms with Crippen LogP contribution in [0.5, 0.6) is 0 Å². The van der Waals surface area contributed by atoms with Crippen LogP contribution in [-0.2, 0) is 4.79 Å². The second kappa shape index (κ2) is 5.05. The minimum absolute atomic E-state index is 0.0278. The van der Waals surface area contributed by atoms with Gasteiger partial charge in [-0.1, -0.05) is 12.1 Å². The molecule has 2 nitrogen and oxygen atoms in total. The Labute approximate surface area is 106 Å². The SMILES string of the molecule is CC(=O)C(C)Sc1ccc(C(=O)C2CC2)cc1. The summed E-state index contributed by atoms with van der Waals surface area (Å²) in [4.78, 5) is 24.0. The Kier molecular flexibility index (Phi) is 3.67. The van der Waals surface area contributed by atoms with Crippen LogP contribution < -0.4 is 0 Å². The van der Waals surface area contributed by atoms with Crippen molar-refractivity contribution < 1.29 is 9.59 Å². The first-order chi connectivity index (χ1) is 8.08. The van der Waals surface area contributed by atoms with Crippen LogP contribution in [0.1, 0.15) is 37.0 Å². The van der Waals surface area contributed by atoms with E-state index in [2.05, 4.69) is 0 Å². The summed E-state index contributed by atoms with van der Waals surface area (Å²) in [7, 11) is 0. The minimum atomic E-state index is -0.0278. The quantitative estimate of drug-likeness (QED) is 0.592. The molecule has 1 aromatic carbocycles. The van der Waals surface area contributed by atoms with E-state index in [9.17, 15) is 9.59 Å². The third-order valence-corrected chi connectivity index (χ3v) is 4.20. The van der Waals surface area contributed by atoms with Crippen LogP contribution in [0.15, 0.2) is 29.2 Å². The molecule has 1 aromatic rings. The lowest BCUT2D eigenvalue weighted by molar-refractivity contribution is -0.116. The second-order valence-electron chi connectivity index (χ2n) is 4.53. The van der Waals surface area contributed by atoms with Crippen molar-refractivity contribution in [2.24, 2.45) is 5.92 Å². The fourth-order valence-corrected chi connectivity index (χ4v) is 2.43. The molecule has 0 bridgehead atoms. The van der Waals surface area contributed by atoms with Gasteiger partial charge in [-0.25, -0.2) is 0 Å². The van der Waals surface area contributed by atoms with E-state index in [1.807, 2.05) is 31.2 Å². The number of benzene rings is 1. The molecule has 90 valence electrons. The monoisotopic (exact) mass is 248 g/mol. The number of hydrogen-bond acceptors (Lipinski definition) is 3. The van der Waals surface area contributed by atoms with Crippen LogP contribution in [0.3, 0.4) is 0 Å². The van der Waals surface area contributed by atoms with E-state index in [1.165, 1.54) is 11.8 Å². The van der Waals surface area contributed by atoms with Crippen molar-refractivity contribution in [3.05, 3.63) is 29.8 Å². The van der Waals surface area contributed by atoms with Crippen molar-refractivity contribution in [3.8, 4) is 0 Å². The van der Waals surface area contributed by atoms with E-state index >= 15 is 0 Å². The summed E-state index contributed by atoms with van der Waals surface area (Å²) >= 11 is 1.54. The summed E-state index contributed by atoms with van der Waals surface area (Å²) < 4.78 is 0. The molecule has 1 fully saturated rings. The first-order valence-corrected chi connectivity index (χ1v) is 6.77. The van der Waals surface area contributed by atoms with Gasteiger partial charge in [0.25, 0.3) is 0 Å². The highest BCUT2D eigenvalue weighted by Gasteiger charge is 2.30. The Bertz CT molecular complexity index is 432. The van der Waals surface area contributed by atoms with Crippen LogP contribution >= 0.6 is 11.8 Å². The van der Waals surface area contributed by atoms with Crippen molar-refractivity contribution >= 4 is 23.3 Å². The molecule has 0 saturated heterocycles. The molecule has 1 saturated carbocycles. The number of carbonyl (C=O) groups excluding carboxylic acids is 2. The van der Waals surface area contributed by atoms with E-state index in [0.717, 1.165) is 23.3 Å². The van der Waals surface area contributed by atoms with Crippen LogP contribution in [-0.4, -0.2) is 16.8 Å². The van der Waals surface area contributed by atoms with Gasteiger partial charge >= 0.3 is 0 Å². The first kappa shape index (κ1) is 12.4. The molecule has 0 heterocycles. The molecule has 1 aliphatic carbocycles. The van der Waals surface area contributed by atoms with Gasteiger partial charge in [0.05, 0.1) is 5.25 Å². The zero-order valence-corrected chi connectivity index (χ0v) is 10.9. The number of rotatable bonds is 5. The highest BCUT2D eigenvalue weighted by molar-refractivity contribution is 8.00. The summed E-state index contributed by atoms with van der Waals surface area (Å²) in [5, 5.41) is -0.0278. The fourth-order valence-electron chi connectivity index (χ4n) is 1.57. The maximum absolute atomic E-state index is 11.8. The standard InChI is InChI=1S/C14H16O2S/c1-9(15)10(2)17-13-7-5-12(6-8-13)14(16)11-3-4-11/h5-8,10-11H,3-4H2,1-2H3. The number of carbonyl (C=O) groups is 2. The lowest BCUT2D eigenvalue weighted by atomic mass is 10.1. The molecular formula is C14H16O2S. The van der Waals surface area contributed by atoms with Gasteiger partial charge in [0.2, 0.25) is 0 Å². The molecule has 0 radical (unpaired) electrons. The maximum Gasteiger partial charge on any atom is 0.165 e. The lowest BCUT2D eigenvalue weighted by Crippen LogP contribution is -2.07. The van der Waals surface area contributed by atoms with Gasteiger partial charge in [-0.3, -0.25) is 9.59 Å². The van der Waals surface area contributed by atoms with Gasteiger partial charge in [0.1, 0.15) is 5.78 Å². The molecule has 3 heteroatoms. The highest BCUT2D eigenvalue weighted by Crippen LogP contribution is 2.33. The molecule has 0 N–H and O–H groups in total.